The lowest BCUT2D eigenvalue weighted by Crippen LogP contribution is -2.28. The molecule has 9 nitrogen and oxygen atoms in total. The highest BCUT2D eigenvalue weighted by Gasteiger charge is 2.53. The number of anilines is 1. The van der Waals surface area contributed by atoms with Crippen molar-refractivity contribution in [2.24, 2.45) is 0 Å². The Labute approximate surface area is 221 Å². The smallest absolute Gasteiger partial charge is 0.478 e. The summed E-state index contributed by atoms with van der Waals surface area (Å²) in [7, 11) is 0. The number of hydrogen-bond acceptors (Lipinski definition) is 7. The van der Waals surface area contributed by atoms with Crippen LogP contribution < -0.4 is 14.8 Å². The maximum absolute atomic E-state index is 13.4. The highest BCUT2D eigenvalue weighted by molar-refractivity contribution is 6.02. The van der Waals surface area contributed by atoms with E-state index in [1.165, 1.54) is 36.4 Å². The normalized spacial score (nSPS) is 16.3. The summed E-state index contributed by atoms with van der Waals surface area (Å²) in [6.45, 7) is 5.20. The predicted octanol–water partition coefficient (Wildman–Crippen LogP) is 5.39. The van der Waals surface area contributed by atoms with Gasteiger partial charge < -0.3 is 24.6 Å². The largest absolute Gasteiger partial charge is 0.586 e. The van der Waals surface area contributed by atoms with Crippen molar-refractivity contribution < 1.29 is 42.5 Å². The number of pyridine rings is 1. The first kappa shape index (κ1) is 26.1. The molecule has 11 heteroatoms. The zero-order valence-electron chi connectivity index (χ0n) is 21.2. The Bertz CT molecular complexity index is 1510. The topological polar surface area (TPSA) is 124 Å². The summed E-state index contributed by atoms with van der Waals surface area (Å²) >= 11 is 0. The van der Waals surface area contributed by atoms with E-state index in [4.69, 9.17) is 4.74 Å². The molecule has 2 aromatic carbocycles. The number of aromatic carboxylic acids is 1. The van der Waals surface area contributed by atoms with E-state index < -0.39 is 35.2 Å². The summed E-state index contributed by atoms with van der Waals surface area (Å²) in [6, 6.07) is 13.1. The average Bonchev–Trinajstić information content (AvgIpc) is 3.60. The second kappa shape index (κ2) is 9.04. The highest BCUT2D eigenvalue weighted by atomic mass is 19.3. The maximum Gasteiger partial charge on any atom is 0.586 e. The molecule has 1 amide bonds. The lowest BCUT2D eigenvalue weighted by Gasteiger charge is -2.19. The molecule has 0 atom stereocenters. The van der Waals surface area contributed by atoms with E-state index in [-0.39, 0.29) is 34.1 Å². The molecule has 2 N–H and O–H groups in total. The van der Waals surface area contributed by atoms with Crippen molar-refractivity contribution >= 4 is 23.7 Å². The molecular formula is C28H24F2N2O7. The molecule has 5 rings (SSSR count). The Balaban J connectivity index is 1.42. The fraction of sp³-hybridized carbons (Fsp3) is 0.286. The summed E-state index contributed by atoms with van der Waals surface area (Å²) in [5.41, 5.74) is -0.773. The van der Waals surface area contributed by atoms with Crippen LogP contribution in [0, 0.1) is 0 Å². The van der Waals surface area contributed by atoms with Crippen molar-refractivity contribution in [3.8, 4) is 22.8 Å². The number of alkyl halides is 2. The number of carbonyl (C=O) groups excluding carboxylic acids is 2. The first-order valence-corrected chi connectivity index (χ1v) is 12.1. The van der Waals surface area contributed by atoms with Crippen LogP contribution in [0.1, 0.15) is 59.9 Å². The second-order valence-electron chi connectivity index (χ2n) is 10.3. The third-order valence-corrected chi connectivity index (χ3v) is 6.28. The van der Waals surface area contributed by atoms with Crippen LogP contribution in [0.4, 0.5) is 14.6 Å². The molecule has 2 heterocycles. The van der Waals surface area contributed by atoms with Crippen molar-refractivity contribution in [3.05, 3.63) is 71.3 Å². The van der Waals surface area contributed by atoms with Crippen molar-refractivity contribution in [1.82, 2.24) is 4.98 Å². The van der Waals surface area contributed by atoms with Crippen LogP contribution in [-0.2, 0) is 14.9 Å². The van der Waals surface area contributed by atoms with Crippen LogP contribution in [-0.4, -0.2) is 39.8 Å². The summed E-state index contributed by atoms with van der Waals surface area (Å²) in [5, 5.41) is 12.5. The van der Waals surface area contributed by atoms with Crippen LogP contribution >= 0.6 is 0 Å². The standard InChI is InChI=1S/C28H24F2N2O7/c1-26(2,3)39-24(35)16-6-4-5-15(13-16)22-18(23(33)34)8-10-21(31-22)32-25(36)27(11-12-27)17-7-9-19-20(14-17)38-28(29,30)37-19/h4-10,13-14H,11-12H2,1-3H3,(H,33,34)(H,31,32,36). The minimum atomic E-state index is -3.77. The third-order valence-electron chi connectivity index (χ3n) is 6.28. The van der Waals surface area contributed by atoms with Gasteiger partial charge in [-0.1, -0.05) is 18.2 Å². The second-order valence-corrected chi connectivity index (χ2v) is 10.3. The molecule has 1 aliphatic carbocycles. The molecule has 3 aromatic rings. The van der Waals surface area contributed by atoms with E-state index in [0.29, 0.717) is 24.0 Å². The maximum atomic E-state index is 13.4. The van der Waals surface area contributed by atoms with Crippen LogP contribution in [0.25, 0.3) is 11.3 Å². The number of carboxylic acid groups (broad SMARTS) is 1. The molecule has 202 valence electrons. The molecule has 39 heavy (non-hydrogen) atoms. The van der Waals surface area contributed by atoms with Gasteiger partial charge in [0, 0.05) is 5.56 Å². The minimum Gasteiger partial charge on any atom is -0.478 e. The van der Waals surface area contributed by atoms with E-state index in [1.807, 2.05) is 0 Å². The van der Waals surface area contributed by atoms with Gasteiger partial charge in [-0.25, -0.2) is 14.6 Å². The number of rotatable bonds is 6. The monoisotopic (exact) mass is 538 g/mol. The van der Waals surface area contributed by atoms with Crippen molar-refractivity contribution in [2.45, 2.75) is 50.9 Å². The van der Waals surface area contributed by atoms with E-state index in [1.54, 1.807) is 39.0 Å². The quantitative estimate of drug-likeness (QED) is 0.400. The van der Waals surface area contributed by atoms with Gasteiger partial charge >= 0.3 is 18.2 Å². The number of carboxylic acids is 1. The average molecular weight is 539 g/mol. The van der Waals surface area contributed by atoms with Crippen LogP contribution in [0.5, 0.6) is 11.5 Å². The molecule has 0 radical (unpaired) electrons. The van der Waals surface area contributed by atoms with Crippen molar-refractivity contribution in [3.63, 3.8) is 0 Å². The van der Waals surface area contributed by atoms with Crippen LogP contribution in [0.2, 0.25) is 0 Å². The number of halogens is 2. The van der Waals surface area contributed by atoms with E-state index in [9.17, 15) is 28.3 Å². The van der Waals surface area contributed by atoms with Gasteiger partial charge in [0.2, 0.25) is 5.91 Å². The van der Waals surface area contributed by atoms with Crippen molar-refractivity contribution in [2.75, 3.05) is 5.32 Å². The summed E-state index contributed by atoms with van der Waals surface area (Å²) in [5.74, 6) is -2.45. The Morgan fingerprint density at radius 2 is 1.72 bits per heavy atom. The number of nitrogens with zero attached hydrogens (tertiary/aromatic N) is 1. The van der Waals surface area contributed by atoms with Gasteiger partial charge in [-0.15, -0.1) is 8.78 Å². The molecule has 1 saturated carbocycles. The first-order valence-electron chi connectivity index (χ1n) is 12.1. The van der Waals surface area contributed by atoms with Gasteiger partial charge in [0.05, 0.1) is 22.2 Å². The molecular weight excluding hydrogens is 514 g/mol. The SMILES string of the molecule is CC(C)(C)OC(=O)c1cccc(-c2nc(NC(=O)C3(c4ccc5c(c4)OC(F)(F)O5)CC3)ccc2C(=O)O)c1. The van der Waals surface area contributed by atoms with E-state index in [0.717, 1.165) is 0 Å². The zero-order valence-corrected chi connectivity index (χ0v) is 21.2. The summed E-state index contributed by atoms with van der Waals surface area (Å²) in [4.78, 5) is 42.2. The highest BCUT2D eigenvalue weighted by Crippen LogP contribution is 2.52. The molecule has 0 spiro atoms. The number of nitrogens with one attached hydrogen (secondary N) is 1. The molecule has 1 aromatic heterocycles. The first-order chi connectivity index (χ1) is 18.3. The molecule has 1 aliphatic heterocycles. The number of benzene rings is 2. The van der Waals surface area contributed by atoms with E-state index in [2.05, 4.69) is 19.8 Å². The van der Waals surface area contributed by atoms with Crippen LogP contribution in [0.15, 0.2) is 54.6 Å². The number of carbonyl (C=O) groups is 3. The Kier molecular flexibility index (Phi) is 6.04. The van der Waals surface area contributed by atoms with Gasteiger partial charge in [-0.2, -0.15) is 0 Å². The van der Waals surface area contributed by atoms with Gasteiger partial charge in [0.15, 0.2) is 11.5 Å². The van der Waals surface area contributed by atoms with Gasteiger partial charge in [-0.05, 0) is 75.6 Å². The minimum absolute atomic E-state index is 0.0425. The molecule has 0 saturated heterocycles. The Hall–Kier alpha value is -4.54. The molecule has 2 aliphatic rings. The number of ether oxygens (including phenoxy) is 3. The van der Waals surface area contributed by atoms with Gasteiger partial charge in [-0.3, -0.25) is 4.79 Å². The number of hydrogen-bond donors (Lipinski definition) is 2. The number of aromatic nitrogens is 1. The Morgan fingerprint density at radius 3 is 2.38 bits per heavy atom. The van der Waals surface area contributed by atoms with Gasteiger partial charge in [0.1, 0.15) is 11.4 Å². The number of amides is 1. The Morgan fingerprint density at radius 1 is 1.00 bits per heavy atom. The number of esters is 1. The van der Waals surface area contributed by atoms with Crippen LogP contribution in [0.3, 0.4) is 0 Å². The molecule has 1 fully saturated rings. The van der Waals surface area contributed by atoms with Crippen molar-refractivity contribution in [1.29, 1.82) is 0 Å². The fourth-order valence-corrected chi connectivity index (χ4v) is 4.31. The van der Waals surface area contributed by atoms with E-state index >= 15 is 0 Å². The lowest BCUT2D eigenvalue weighted by atomic mass is 9.94. The van der Waals surface area contributed by atoms with Gasteiger partial charge in [0.25, 0.3) is 0 Å². The third kappa shape index (κ3) is 5.25. The summed E-state index contributed by atoms with van der Waals surface area (Å²) < 4.78 is 41.2. The molecule has 0 unspecified atom stereocenters. The fourth-order valence-electron chi connectivity index (χ4n) is 4.31. The number of fused-ring (bicyclic) bond motifs is 1. The lowest BCUT2D eigenvalue weighted by molar-refractivity contribution is -0.286. The predicted molar refractivity (Wildman–Crippen MR) is 134 cm³/mol. The molecule has 0 bridgehead atoms. The zero-order chi connectivity index (χ0) is 28.2. The summed E-state index contributed by atoms with van der Waals surface area (Å²) in [6.07, 6.45) is -2.84.